The van der Waals surface area contributed by atoms with Gasteiger partial charge in [-0.2, -0.15) is 5.26 Å². The first-order valence-electron chi connectivity index (χ1n) is 8.08. The summed E-state index contributed by atoms with van der Waals surface area (Å²) in [6.45, 7) is 4.25. The summed E-state index contributed by atoms with van der Waals surface area (Å²) in [6.07, 6.45) is 0.684. The Balaban J connectivity index is 1.96. The van der Waals surface area contributed by atoms with Crippen LogP contribution in [0.15, 0.2) is 35.9 Å². The molecule has 4 heteroatoms. The van der Waals surface area contributed by atoms with E-state index in [9.17, 15) is 4.79 Å². The summed E-state index contributed by atoms with van der Waals surface area (Å²) in [5.74, 6) is 0.574. The fourth-order valence-electron chi connectivity index (χ4n) is 4.00. The molecule has 0 N–H and O–H groups in total. The third-order valence-corrected chi connectivity index (χ3v) is 5.66. The molecule has 0 saturated heterocycles. The number of ether oxygens (including phenoxy) is 1. The second kappa shape index (κ2) is 5.21. The number of nitrogens with zero attached hydrogens (tertiary/aromatic N) is 1. The average molecular weight is 350 g/mol. The van der Waals surface area contributed by atoms with Crippen molar-refractivity contribution in [3.05, 3.63) is 68.7 Å². The van der Waals surface area contributed by atoms with Gasteiger partial charge in [0, 0.05) is 16.6 Å². The fraction of sp³-hybridized carbons (Fsp3) is 0.238. The van der Waals surface area contributed by atoms with Gasteiger partial charge >= 0.3 is 0 Å². The van der Waals surface area contributed by atoms with Gasteiger partial charge in [-0.05, 0) is 52.9 Å². The van der Waals surface area contributed by atoms with Crippen LogP contribution in [0.2, 0.25) is 5.02 Å². The lowest BCUT2D eigenvalue weighted by Crippen LogP contribution is -2.29. The molecule has 124 valence electrons. The van der Waals surface area contributed by atoms with Crippen LogP contribution in [0.25, 0.3) is 5.57 Å². The van der Waals surface area contributed by atoms with Crippen LogP contribution in [-0.2, 0) is 11.8 Å². The molecule has 0 aliphatic heterocycles. The van der Waals surface area contributed by atoms with Crippen molar-refractivity contribution >= 4 is 23.0 Å². The number of ketones is 1. The summed E-state index contributed by atoms with van der Waals surface area (Å²) in [5.41, 5.74) is 5.70. The summed E-state index contributed by atoms with van der Waals surface area (Å²) in [5, 5.41) is 9.59. The molecule has 2 aliphatic rings. The molecule has 0 aromatic heterocycles. The van der Waals surface area contributed by atoms with E-state index in [2.05, 4.69) is 19.9 Å². The van der Waals surface area contributed by atoms with E-state index in [4.69, 9.17) is 21.6 Å². The molecular weight excluding hydrogens is 334 g/mol. The average Bonchev–Trinajstić information content (AvgIpc) is 2.99. The quantitative estimate of drug-likeness (QED) is 0.749. The van der Waals surface area contributed by atoms with E-state index >= 15 is 0 Å². The predicted octanol–water partition coefficient (Wildman–Crippen LogP) is 4.70. The van der Waals surface area contributed by atoms with Gasteiger partial charge in [-0.1, -0.05) is 31.5 Å². The van der Waals surface area contributed by atoms with Crippen LogP contribution in [-0.4, -0.2) is 12.9 Å². The Kier molecular flexibility index (Phi) is 3.32. The highest BCUT2D eigenvalue weighted by atomic mass is 35.5. The minimum absolute atomic E-state index is 0.00247. The van der Waals surface area contributed by atoms with Gasteiger partial charge in [-0.15, -0.1) is 0 Å². The van der Waals surface area contributed by atoms with Crippen LogP contribution in [0.5, 0.6) is 5.75 Å². The van der Waals surface area contributed by atoms with Crippen LogP contribution < -0.4 is 4.74 Å². The van der Waals surface area contributed by atoms with Gasteiger partial charge in [0.05, 0.1) is 23.8 Å². The van der Waals surface area contributed by atoms with Gasteiger partial charge in [0.25, 0.3) is 0 Å². The molecule has 0 saturated carbocycles. The van der Waals surface area contributed by atoms with E-state index in [0.717, 1.165) is 27.8 Å². The predicted molar refractivity (Wildman–Crippen MR) is 97.1 cm³/mol. The molecule has 0 spiro atoms. The lowest BCUT2D eigenvalue weighted by molar-refractivity contribution is 0.105. The molecule has 0 radical (unpaired) electrons. The van der Waals surface area contributed by atoms with Crippen LogP contribution in [0, 0.1) is 11.3 Å². The van der Waals surface area contributed by atoms with E-state index in [1.54, 1.807) is 19.2 Å². The molecule has 2 aromatic rings. The Morgan fingerprint density at radius 2 is 1.96 bits per heavy atom. The number of hydrogen-bond acceptors (Lipinski definition) is 3. The highest BCUT2D eigenvalue weighted by molar-refractivity contribution is 6.36. The molecule has 25 heavy (non-hydrogen) atoms. The van der Waals surface area contributed by atoms with Crippen molar-refractivity contribution in [3.63, 3.8) is 0 Å². The minimum Gasteiger partial charge on any atom is -0.495 e. The third-order valence-electron chi connectivity index (χ3n) is 5.36. The second-order valence-corrected chi connectivity index (χ2v) is 7.41. The molecule has 0 fully saturated rings. The smallest absolute Gasteiger partial charge is 0.194 e. The monoisotopic (exact) mass is 349 g/mol. The first kappa shape index (κ1) is 15.9. The van der Waals surface area contributed by atoms with Crippen molar-refractivity contribution in [2.24, 2.45) is 0 Å². The Morgan fingerprint density at radius 1 is 1.20 bits per heavy atom. The van der Waals surface area contributed by atoms with Crippen molar-refractivity contribution < 1.29 is 9.53 Å². The molecule has 3 nitrogen and oxygen atoms in total. The third kappa shape index (κ3) is 2.08. The normalized spacial score (nSPS) is 16.8. The van der Waals surface area contributed by atoms with Gasteiger partial charge in [0.15, 0.2) is 5.78 Å². The number of rotatable bonds is 1. The SMILES string of the molecule is COc1cc2c(cc1Cl)C(=O)C1=C(Cc3cc(C#N)ccc31)C2(C)C. The number of carbonyl (C=O) groups is 1. The summed E-state index contributed by atoms with van der Waals surface area (Å²) in [4.78, 5) is 13.2. The van der Waals surface area contributed by atoms with Gasteiger partial charge in [-0.3, -0.25) is 4.79 Å². The zero-order valence-electron chi connectivity index (χ0n) is 14.2. The number of hydrogen-bond donors (Lipinski definition) is 0. The Morgan fingerprint density at radius 3 is 2.64 bits per heavy atom. The van der Waals surface area contributed by atoms with Gasteiger partial charge in [-0.25, -0.2) is 0 Å². The molecule has 0 heterocycles. The van der Waals surface area contributed by atoms with Crippen molar-refractivity contribution in [2.75, 3.05) is 7.11 Å². The molecule has 2 aliphatic carbocycles. The highest BCUT2D eigenvalue weighted by Crippen LogP contribution is 2.51. The number of halogens is 1. The second-order valence-electron chi connectivity index (χ2n) is 7.00. The number of benzene rings is 2. The Bertz CT molecular complexity index is 1020. The van der Waals surface area contributed by atoms with E-state index in [-0.39, 0.29) is 11.2 Å². The maximum Gasteiger partial charge on any atom is 0.194 e. The zero-order chi connectivity index (χ0) is 17.9. The largest absolute Gasteiger partial charge is 0.495 e. The Labute approximate surface area is 151 Å². The lowest BCUT2D eigenvalue weighted by atomic mass is 9.68. The maximum absolute atomic E-state index is 13.2. The maximum atomic E-state index is 13.2. The van der Waals surface area contributed by atoms with Gasteiger partial charge < -0.3 is 4.74 Å². The van der Waals surface area contributed by atoms with E-state index in [0.29, 0.717) is 28.3 Å². The Hall–Kier alpha value is -2.57. The van der Waals surface area contributed by atoms with E-state index in [1.165, 1.54) is 0 Å². The lowest BCUT2D eigenvalue weighted by Gasteiger charge is -2.34. The number of carbonyl (C=O) groups excluding carboxylic acids is 1. The summed E-state index contributed by atoms with van der Waals surface area (Å²) >= 11 is 6.27. The molecule has 0 bridgehead atoms. The topological polar surface area (TPSA) is 50.1 Å². The first-order valence-corrected chi connectivity index (χ1v) is 8.46. The molecule has 4 rings (SSSR count). The highest BCUT2D eigenvalue weighted by Gasteiger charge is 2.43. The van der Waals surface area contributed by atoms with Crippen LogP contribution in [0.4, 0.5) is 0 Å². The van der Waals surface area contributed by atoms with Crippen LogP contribution >= 0.6 is 11.6 Å². The van der Waals surface area contributed by atoms with Crippen LogP contribution in [0.1, 0.15) is 46.5 Å². The minimum atomic E-state index is -0.317. The number of nitriles is 1. The number of fused-ring (bicyclic) bond motifs is 3. The molecule has 0 unspecified atom stereocenters. The fourth-order valence-corrected chi connectivity index (χ4v) is 4.24. The molecular formula is C21H16ClNO2. The van der Waals surface area contributed by atoms with Crippen LogP contribution in [0.3, 0.4) is 0 Å². The summed E-state index contributed by atoms with van der Waals surface area (Å²) < 4.78 is 5.35. The van der Waals surface area contributed by atoms with Gasteiger partial charge in [0.2, 0.25) is 0 Å². The van der Waals surface area contributed by atoms with E-state index in [1.807, 2.05) is 18.2 Å². The van der Waals surface area contributed by atoms with Crippen molar-refractivity contribution in [1.82, 2.24) is 0 Å². The van der Waals surface area contributed by atoms with Crippen molar-refractivity contribution in [1.29, 1.82) is 5.26 Å². The summed E-state index contributed by atoms with van der Waals surface area (Å²) in [7, 11) is 1.57. The number of methoxy groups -OCH3 is 1. The summed E-state index contributed by atoms with van der Waals surface area (Å²) in [6, 6.07) is 11.3. The zero-order valence-corrected chi connectivity index (χ0v) is 15.0. The standard InChI is InChI=1S/C21H16ClNO2/c1-21(2)15-9-18(25-3)17(22)8-14(15)20(24)19-13-5-4-11(10-23)6-12(13)7-16(19)21/h4-6,8-9H,7H2,1-3H3. The molecule has 0 amide bonds. The van der Waals surface area contributed by atoms with Crippen molar-refractivity contribution in [2.45, 2.75) is 25.7 Å². The number of Topliss-reactive ketones (excluding diaryl/α,β-unsaturated/α-hetero) is 1. The first-order chi connectivity index (χ1) is 11.9. The molecule has 2 aromatic carbocycles. The molecule has 0 atom stereocenters. The van der Waals surface area contributed by atoms with Gasteiger partial charge in [0.1, 0.15) is 5.75 Å². The number of allylic oxidation sites excluding steroid dienone is 2. The van der Waals surface area contributed by atoms with Crippen molar-refractivity contribution in [3.8, 4) is 11.8 Å². The van der Waals surface area contributed by atoms with E-state index < -0.39 is 0 Å².